The highest BCUT2D eigenvalue weighted by atomic mass is 32.1. The average Bonchev–Trinajstić information content (AvgIpc) is 2.90. The first-order chi connectivity index (χ1) is 8.13. The zero-order valence-electron chi connectivity index (χ0n) is 9.08. The van der Waals surface area contributed by atoms with Gasteiger partial charge in [-0.2, -0.15) is 5.10 Å². The van der Waals surface area contributed by atoms with Crippen molar-refractivity contribution in [2.24, 2.45) is 12.9 Å². The SMILES string of the molecule is Cn1cnn(Cc2ccsc2C(=O)NN)c1=O. The second-order valence-electron chi connectivity index (χ2n) is 3.43. The van der Waals surface area contributed by atoms with E-state index < -0.39 is 0 Å². The number of nitrogens with two attached hydrogens (primary N) is 1. The van der Waals surface area contributed by atoms with E-state index in [-0.39, 0.29) is 18.1 Å². The minimum absolute atomic E-state index is 0.227. The van der Waals surface area contributed by atoms with Crippen LogP contribution >= 0.6 is 11.3 Å². The van der Waals surface area contributed by atoms with Crippen molar-refractivity contribution in [1.82, 2.24) is 19.8 Å². The first-order valence-corrected chi connectivity index (χ1v) is 5.67. The highest BCUT2D eigenvalue weighted by Crippen LogP contribution is 2.16. The lowest BCUT2D eigenvalue weighted by Gasteiger charge is -2.01. The van der Waals surface area contributed by atoms with Gasteiger partial charge in [0.1, 0.15) is 6.33 Å². The van der Waals surface area contributed by atoms with Crippen LogP contribution in [-0.4, -0.2) is 20.3 Å². The molecule has 0 aliphatic carbocycles. The number of hydrogen-bond acceptors (Lipinski definition) is 5. The molecule has 0 radical (unpaired) electrons. The monoisotopic (exact) mass is 253 g/mol. The van der Waals surface area contributed by atoms with E-state index in [9.17, 15) is 9.59 Å². The lowest BCUT2D eigenvalue weighted by Crippen LogP contribution is -2.30. The van der Waals surface area contributed by atoms with Crippen molar-refractivity contribution in [3.63, 3.8) is 0 Å². The number of hydrazine groups is 1. The van der Waals surface area contributed by atoms with Gasteiger partial charge in [0.25, 0.3) is 5.91 Å². The van der Waals surface area contributed by atoms with Gasteiger partial charge in [0.05, 0.1) is 11.4 Å². The van der Waals surface area contributed by atoms with E-state index >= 15 is 0 Å². The molecular weight excluding hydrogens is 242 g/mol. The number of aryl methyl sites for hydroxylation is 1. The molecule has 0 spiro atoms. The van der Waals surface area contributed by atoms with Crippen LogP contribution in [0, 0.1) is 0 Å². The number of nitrogens with zero attached hydrogens (tertiary/aromatic N) is 3. The third-order valence-electron chi connectivity index (χ3n) is 2.29. The topological polar surface area (TPSA) is 94.9 Å². The van der Waals surface area contributed by atoms with Crippen molar-refractivity contribution >= 4 is 17.2 Å². The predicted molar refractivity (Wildman–Crippen MR) is 62.5 cm³/mol. The van der Waals surface area contributed by atoms with Crippen LogP contribution in [-0.2, 0) is 13.6 Å². The minimum Gasteiger partial charge on any atom is -0.289 e. The van der Waals surface area contributed by atoms with Crippen LogP contribution in [0.25, 0.3) is 0 Å². The number of thiophene rings is 1. The van der Waals surface area contributed by atoms with Crippen LogP contribution in [0.2, 0.25) is 0 Å². The number of nitrogen functional groups attached to an aromatic ring is 1. The molecule has 2 heterocycles. The van der Waals surface area contributed by atoms with Crippen molar-refractivity contribution in [2.45, 2.75) is 6.54 Å². The number of carbonyl (C=O) groups is 1. The number of rotatable bonds is 3. The molecule has 7 nitrogen and oxygen atoms in total. The maximum absolute atomic E-state index is 11.6. The number of aromatic nitrogens is 3. The van der Waals surface area contributed by atoms with E-state index in [1.807, 2.05) is 0 Å². The Bertz CT molecular complexity index is 597. The van der Waals surface area contributed by atoms with Crippen molar-refractivity contribution < 1.29 is 4.79 Å². The Hall–Kier alpha value is -1.93. The zero-order chi connectivity index (χ0) is 12.4. The minimum atomic E-state index is -0.362. The molecule has 3 N–H and O–H groups in total. The Labute approximate surface area is 100 Å². The fourth-order valence-electron chi connectivity index (χ4n) is 1.42. The lowest BCUT2D eigenvalue weighted by molar-refractivity contribution is 0.0956. The first-order valence-electron chi connectivity index (χ1n) is 4.79. The largest absolute Gasteiger partial charge is 0.345 e. The fraction of sp³-hybridized carbons (Fsp3) is 0.222. The smallest absolute Gasteiger partial charge is 0.289 e. The Balaban J connectivity index is 2.31. The normalized spacial score (nSPS) is 10.5. The quantitative estimate of drug-likeness (QED) is 0.429. The predicted octanol–water partition coefficient (Wildman–Crippen LogP) is -0.705. The summed E-state index contributed by atoms with van der Waals surface area (Å²) in [5, 5.41) is 5.70. The summed E-state index contributed by atoms with van der Waals surface area (Å²) < 4.78 is 2.66. The van der Waals surface area contributed by atoms with Crippen LogP contribution in [0.15, 0.2) is 22.6 Å². The van der Waals surface area contributed by atoms with E-state index in [0.717, 1.165) is 5.56 Å². The molecule has 2 aromatic heterocycles. The molecule has 1 amide bonds. The van der Waals surface area contributed by atoms with Gasteiger partial charge in [0.15, 0.2) is 0 Å². The molecule has 0 saturated heterocycles. The van der Waals surface area contributed by atoms with Crippen LogP contribution in [0.4, 0.5) is 0 Å². The molecule has 17 heavy (non-hydrogen) atoms. The summed E-state index contributed by atoms with van der Waals surface area (Å²) in [5.74, 6) is 4.72. The molecule has 0 fully saturated rings. The van der Waals surface area contributed by atoms with Crippen LogP contribution < -0.4 is 17.0 Å². The highest BCUT2D eigenvalue weighted by Gasteiger charge is 2.13. The summed E-state index contributed by atoms with van der Waals surface area (Å²) >= 11 is 1.27. The lowest BCUT2D eigenvalue weighted by atomic mass is 10.2. The second kappa shape index (κ2) is 4.52. The molecule has 0 aliphatic heterocycles. The third kappa shape index (κ3) is 2.12. The van der Waals surface area contributed by atoms with Crippen LogP contribution in [0.1, 0.15) is 15.2 Å². The average molecular weight is 253 g/mol. The summed E-state index contributed by atoms with van der Waals surface area (Å²) in [6.07, 6.45) is 1.43. The maximum atomic E-state index is 11.6. The number of hydrogen-bond donors (Lipinski definition) is 2. The Morgan fingerprint density at radius 2 is 2.41 bits per heavy atom. The first kappa shape index (κ1) is 11.6. The number of carbonyl (C=O) groups excluding carboxylic acids is 1. The summed E-state index contributed by atoms with van der Waals surface area (Å²) in [7, 11) is 1.62. The zero-order valence-corrected chi connectivity index (χ0v) is 9.90. The second-order valence-corrected chi connectivity index (χ2v) is 4.35. The molecule has 0 aromatic carbocycles. The summed E-state index contributed by atoms with van der Waals surface area (Å²) in [6.45, 7) is 0.256. The van der Waals surface area contributed by atoms with E-state index in [0.29, 0.717) is 4.88 Å². The van der Waals surface area contributed by atoms with Gasteiger partial charge in [0.2, 0.25) is 0 Å². The summed E-state index contributed by atoms with van der Waals surface area (Å²) in [4.78, 5) is 23.5. The van der Waals surface area contributed by atoms with Crippen molar-refractivity contribution in [3.8, 4) is 0 Å². The third-order valence-corrected chi connectivity index (χ3v) is 3.25. The number of amides is 1. The van der Waals surface area contributed by atoms with Gasteiger partial charge in [0, 0.05) is 7.05 Å². The van der Waals surface area contributed by atoms with E-state index in [1.54, 1.807) is 18.5 Å². The Morgan fingerprint density at radius 3 is 3.00 bits per heavy atom. The number of nitrogens with one attached hydrogen (secondary N) is 1. The van der Waals surface area contributed by atoms with Crippen molar-refractivity contribution in [2.75, 3.05) is 0 Å². The van der Waals surface area contributed by atoms with Gasteiger partial charge >= 0.3 is 5.69 Å². The Morgan fingerprint density at radius 1 is 1.65 bits per heavy atom. The van der Waals surface area contributed by atoms with Crippen LogP contribution in [0.5, 0.6) is 0 Å². The highest BCUT2D eigenvalue weighted by molar-refractivity contribution is 7.12. The van der Waals surface area contributed by atoms with Crippen LogP contribution in [0.3, 0.4) is 0 Å². The standard InChI is InChI=1S/C9H11N5O2S/c1-13-5-11-14(9(13)16)4-6-2-3-17-7(6)8(15)12-10/h2-3,5H,4,10H2,1H3,(H,12,15). The van der Waals surface area contributed by atoms with Gasteiger partial charge < -0.3 is 0 Å². The molecule has 2 aromatic rings. The van der Waals surface area contributed by atoms with Gasteiger partial charge in [-0.3, -0.25) is 14.8 Å². The molecule has 0 saturated carbocycles. The van der Waals surface area contributed by atoms with Gasteiger partial charge in [-0.1, -0.05) is 0 Å². The summed E-state index contributed by atoms with van der Waals surface area (Å²) in [5.41, 5.74) is 2.57. The molecular formula is C9H11N5O2S. The molecule has 8 heteroatoms. The maximum Gasteiger partial charge on any atom is 0.345 e. The summed E-state index contributed by atoms with van der Waals surface area (Å²) in [6, 6.07) is 1.77. The fourth-order valence-corrected chi connectivity index (χ4v) is 2.23. The van der Waals surface area contributed by atoms with Crippen molar-refractivity contribution in [3.05, 3.63) is 38.7 Å². The molecule has 90 valence electrons. The van der Waals surface area contributed by atoms with E-state index in [1.165, 1.54) is 26.9 Å². The molecule has 0 bridgehead atoms. The molecule has 0 atom stereocenters. The van der Waals surface area contributed by atoms with Gasteiger partial charge in [-0.25, -0.2) is 15.3 Å². The van der Waals surface area contributed by atoms with Gasteiger partial charge in [-0.05, 0) is 17.0 Å². The van der Waals surface area contributed by atoms with E-state index in [4.69, 9.17) is 5.84 Å². The van der Waals surface area contributed by atoms with Gasteiger partial charge in [-0.15, -0.1) is 11.3 Å². The van der Waals surface area contributed by atoms with E-state index in [2.05, 4.69) is 10.5 Å². The molecule has 0 unspecified atom stereocenters. The Kier molecular flexibility index (Phi) is 3.07. The van der Waals surface area contributed by atoms with Crippen molar-refractivity contribution in [1.29, 1.82) is 0 Å². The molecule has 2 rings (SSSR count). The molecule has 0 aliphatic rings.